The molecule has 0 saturated heterocycles. The Bertz CT molecular complexity index is 749. The van der Waals surface area contributed by atoms with E-state index in [2.05, 4.69) is 4.74 Å². The lowest BCUT2D eigenvalue weighted by molar-refractivity contribution is 0.0600. The van der Waals surface area contributed by atoms with Gasteiger partial charge in [-0.05, 0) is 55.3 Å². The van der Waals surface area contributed by atoms with E-state index in [1.165, 1.54) is 32.4 Å². The van der Waals surface area contributed by atoms with Crippen LogP contribution in [0.2, 0.25) is 0 Å². The van der Waals surface area contributed by atoms with E-state index < -0.39 is 11.9 Å². The summed E-state index contributed by atoms with van der Waals surface area (Å²) >= 11 is 0. The zero-order valence-corrected chi connectivity index (χ0v) is 13.5. The number of carbonyl (C=O) groups excluding carboxylic acids is 2. The highest BCUT2D eigenvalue weighted by atomic mass is 16.6. The molecule has 0 bridgehead atoms. The second kappa shape index (κ2) is 6.96. The molecule has 0 aliphatic rings. The van der Waals surface area contributed by atoms with Gasteiger partial charge in [-0.2, -0.15) is 0 Å². The van der Waals surface area contributed by atoms with Crippen LogP contribution >= 0.6 is 0 Å². The molecule has 0 aliphatic heterocycles. The van der Waals surface area contributed by atoms with Crippen molar-refractivity contribution in [3.8, 4) is 11.5 Å². The molecule has 5 heteroatoms. The Labute approximate surface area is 134 Å². The van der Waals surface area contributed by atoms with E-state index in [-0.39, 0.29) is 11.5 Å². The summed E-state index contributed by atoms with van der Waals surface area (Å²) in [4.78, 5) is 23.8. The molecule has 2 rings (SSSR count). The van der Waals surface area contributed by atoms with Crippen molar-refractivity contribution in [3.05, 3.63) is 58.7 Å². The number of hydrogen-bond donors (Lipinski definition) is 0. The fourth-order valence-corrected chi connectivity index (χ4v) is 2.02. The molecule has 0 unspecified atom stereocenters. The molecule has 0 amide bonds. The first-order chi connectivity index (χ1) is 11.0. The topological polar surface area (TPSA) is 61.8 Å². The van der Waals surface area contributed by atoms with E-state index in [1.807, 2.05) is 19.9 Å². The second-order valence-electron chi connectivity index (χ2n) is 5.05. The van der Waals surface area contributed by atoms with Gasteiger partial charge in [0.15, 0.2) is 11.5 Å². The highest BCUT2D eigenvalue weighted by Crippen LogP contribution is 2.29. The van der Waals surface area contributed by atoms with E-state index in [0.29, 0.717) is 11.1 Å². The third kappa shape index (κ3) is 3.69. The Morgan fingerprint density at radius 3 is 2.04 bits per heavy atom. The Balaban J connectivity index is 2.26. The summed E-state index contributed by atoms with van der Waals surface area (Å²) in [6.45, 7) is 3.90. The summed E-state index contributed by atoms with van der Waals surface area (Å²) in [5.41, 5.74) is 2.87. The summed E-state index contributed by atoms with van der Waals surface area (Å²) in [5, 5.41) is 0. The molecule has 0 atom stereocenters. The van der Waals surface area contributed by atoms with Crippen LogP contribution in [0, 0.1) is 13.8 Å². The Hall–Kier alpha value is -2.82. The minimum absolute atomic E-state index is 0.239. The Kier molecular flexibility index (Phi) is 5.01. The number of esters is 2. The molecule has 0 saturated carbocycles. The van der Waals surface area contributed by atoms with Crippen LogP contribution in [0.1, 0.15) is 31.8 Å². The maximum absolute atomic E-state index is 12.3. The van der Waals surface area contributed by atoms with E-state index in [0.717, 1.165) is 11.1 Å². The minimum atomic E-state index is -0.490. The van der Waals surface area contributed by atoms with Gasteiger partial charge in [0.2, 0.25) is 0 Å². The minimum Gasteiger partial charge on any atom is -0.493 e. The highest BCUT2D eigenvalue weighted by Gasteiger charge is 2.15. The number of benzene rings is 2. The highest BCUT2D eigenvalue weighted by molar-refractivity contribution is 5.93. The lowest BCUT2D eigenvalue weighted by Gasteiger charge is -2.11. The van der Waals surface area contributed by atoms with Crippen molar-refractivity contribution >= 4 is 11.9 Å². The third-order valence-electron chi connectivity index (χ3n) is 3.53. The average molecular weight is 314 g/mol. The molecule has 0 N–H and O–H groups in total. The van der Waals surface area contributed by atoms with Gasteiger partial charge in [-0.1, -0.05) is 6.07 Å². The van der Waals surface area contributed by atoms with Crippen molar-refractivity contribution in [3.63, 3.8) is 0 Å². The van der Waals surface area contributed by atoms with E-state index in [4.69, 9.17) is 9.47 Å². The summed E-state index contributed by atoms with van der Waals surface area (Å²) in [6.07, 6.45) is 0. The summed E-state index contributed by atoms with van der Waals surface area (Å²) < 4.78 is 15.2. The monoisotopic (exact) mass is 314 g/mol. The molecule has 0 heterocycles. The van der Waals surface area contributed by atoms with E-state index >= 15 is 0 Å². The lowest BCUT2D eigenvalue weighted by Crippen LogP contribution is -2.10. The lowest BCUT2D eigenvalue weighted by atomic mass is 10.1. The van der Waals surface area contributed by atoms with Gasteiger partial charge in [-0.15, -0.1) is 0 Å². The van der Waals surface area contributed by atoms with Gasteiger partial charge in [-0.25, -0.2) is 9.59 Å². The smallest absolute Gasteiger partial charge is 0.343 e. The van der Waals surface area contributed by atoms with Crippen molar-refractivity contribution in [1.82, 2.24) is 0 Å². The average Bonchev–Trinajstić information content (AvgIpc) is 2.56. The Morgan fingerprint density at radius 2 is 1.43 bits per heavy atom. The number of methoxy groups -OCH3 is 2. The zero-order valence-electron chi connectivity index (χ0n) is 13.5. The molecule has 0 aliphatic carbocycles. The fraction of sp³-hybridized carbons (Fsp3) is 0.222. The van der Waals surface area contributed by atoms with Gasteiger partial charge in [0.25, 0.3) is 0 Å². The van der Waals surface area contributed by atoms with E-state index in [9.17, 15) is 9.59 Å². The van der Waals surface area contributed by atoms with Crippen molar-refractivity contribution in [2.24, 2.45) is 0 Å². The molecule has 0 aromatic heterocycles. The van der Waals surface area contributed by atoms with Crippen LogP contribution < -0.4 is 9.47 Å². The number of hydrogen-bond acceptors (Lipinski definition) is 5. The summed E-state index contributed by atoms with van der Waals surface area (Å²) in [7, 11) is 2.73. The SMILES string of the molecule is COC(=O)c1ccc(OC(=O)c2ccc(C)c(C)c2)c(OC)c1. The molecule has 120 valence electrons. The standard InChI is InChI=1S/C18H18O5/c1-11-5-6-13(9-12(11)2)18(20)23-15-8-7-14(17(19)22-4)10-16(15)21-3/h5-10H,1-4H3. The van der Waals surface area contributed by atoms with Crippen LogP contribution in [0.4, 0.5) is 0 Å². The molecule has 0 fully saturated rings. The second-order valence-corrected chi connectivity index (χ2v) is 5.05. The molecule has 0 spiro atoms. The predicted molar refractivity (Wildman–Crippen MR) is 85.2 cm³/mol. The van der Waals surface area contributed by atoms with Crippen molar-refractivity contribution in [2.45, 2.75) is 13.8 Å². The number of ether oxygens (including phenoxy) is 3. The first-order valence-corrected chi connectivity index (χ1v) is 7.02. The van der Waals surface area contributed by atoms with Crippen molar-refractivity contribution in [2.75, 3.05) is 14.2 Å². The number of aryl methyl sites for hydroxylation is 2. The van der Waals surface area contributed by atoms with Crippen LogP contribution in [0.5, 0.6) is 11.5 Å². The summed E-state index contributed by atoms with van der Waals surface area (Å²) in [5.74, 6) is -0.457. The third-order valence-corrected chi connectivity index (χ3v) is 3.53. The van der Waals surface area contributed by atoms with Gasteiger partial charge in [-0.3, -0.25) is 0 Å². The normalized spacial score (nSPS) is 10.1. The van der Waals surface area contributed by atoms with Crippen LogP contribution in [-0.2, 0) is 4.74 Å². The molecule has 0 radical (unpaired) electrons. The van der Waals surface area contributed by atoms with Crippen LogP contribution in [0.15, 0.2) is 36.4 Å². The van der Waals surface area contributed by atoms with Crippen molar-refractivity contribution in [1.29, 1.82) is 0 Å². The predicted octanol–water partition coefficient (Wildman–Crippen LogP) is 3.32. The first kappa shape index (κ1) is 16.5. The van der Waals surface area contributed by atoms with Gasteiger partial charge < -0.3 is 14.2 Å². The Morgan fingerprint density at radius 1 is 0.783 bits per heavy atom. The van der Waals surface area contributed by atoms with Crippen LogP contribution in [0.25, 0.3) is 0 Å². The van der Waals surface area contributed by atoms with E-state index in [1.54, 1.807) is 12.1 Å². The van der Waals surface area contributed by atoms with Gasteiger partial charge >= 0.3 is 11.9 Å². The van der Waals surface area contributed by atoms with Gasteiger partial charge in [0, 0.05) is 0 Å². The van der Waals surface area contributed by atoms with Crippen LogP contribution in [0.3, 0.4) is 0 Å². The number of rotatable bonds is 4. The van der Waals surface area contributed by atoms with Gasteiger partial charge in [0.05, 0.1) is 25.3 Å². The van der Waals surface area contributed by atoms with Gasteiger partial charge in [0.1, 0.15) is 0 Å². The molecular formula is C18H18O5. The fourth-order valence-electron chi connectivity index (χ4n) is 2.02. The molecule has 5 nitrogen and oxygen atoms in total. The first-order valence-electron chi connectivity index (χ1n) is 7.02. The zero-order chi connectivity index (χ0) is 17.0. The summed E-state index contributed by atoms with van der Waals surface area (Å²) in [6, 6.07) is 9.83. The molecule has 2 aromatic rings. The largest absolute Gasteiger partial charge is 0.493 e. The number of carbonyl (C=O) groups is 2. The maximum Gasteiger partial charge on any atom is 0.343 e. The molecule has 2 aromatic carbocycles. The molecule has 23 heavy (non-hydrogen) atoms. The van der Waals surface area contributed by atoms with Crippen LogP contribution in [-0.4, -0.2) is 26.2 Å². The molecular weight excluding hydrogens is 296 g/mol. The maximum atomic E-state index is 12.3. The quantitative estimate of drug-likeness (QED) is 0.640. The van der Waals surface area contributed by atoms with Crippen molar-refractivity contribution < 1.29 is 23.8 Å².